The number of halogens is 1. The van der Waals surface area contributed by atoms with Crippen LogP contribution in [0.4, 0.5) is 0 Å². The topological polar surface area (TPSA) is 21.3 Å². The first-order chi connectivity index (χ1) is 9.74. The molecule has 0 aliphatic heterocycles. The minimum atomic E-state index is 0.0503. The zero-order valence-electron chi connectivity index (χ0n) is 12.6. The lowest BCUT2D eigenvalue weighted by Gasteiger charge is -2.32. The largest absolute Gasteiger partial charge is 0.369 e. The van der Waals surface area contributed by atoms with Gasteiger partial charge in [0.1, 0.15) is 0 Å². The van der Waals surface area contributed by atoms with Gasteiger partial charge in [-0.1, -0.05) is 56.0 Å². The lowest BCUT2D eigenvalue weighted by atomic mass is 9.85. The third kappa shape index (κ3) is 4.21. The Morgan fingerprint density at radius 1 is 1.35 bits per heavy atom. The zero-order valence-corrected chi connectivity index (χ0v) is 13.3. The highest BCUT2D eigenvalue weighted by Crippen LogP contribution is 2.33. The molecule has 0 bridgehead atoms. The minimum Gasteiger partial charge on any atom is -0.369 e. The molecule has 0 radical (unpaired) electrons. The van der Waals surface area contributed by atoms with Crippen molar-refractivity contribution in [2.45, 2.75) is 51.2 Å². The van der Waals surface area contributed by atoms with Crippen molar-refractivity contribution in [3.63, 3.8) is 0 Å². The second-order valence-electron chi connectivity index (χ2n) is 5.77. The van der Waals surface area contributed by atoms with Crippen LogP contribution in [0, 0.1) is 5.92 Å². The Kier molecular flexibility index (Phi) is 6.34. The first-order valence-corrected chi connectivity index (χ1v) is 8.16. The second kappa shape index (κ2) is 8.02. The highest BCUT2D eigenvalue weighted by molar-refractivity contribution is 6.31. The van der Waals surface area contributed by atoms with Crippen LogP contribution in [0.25, 0.3) is 0 Å². The molecule has 2 nitrogen and oxygen atoms in total. The Hall–Kier alpha value is -0.570. The maximum atomic E-state index is 6.38. The van der Waals surface area contributed by atoms with Crippen molar-refractivity contribution in [1.82, 2.24) is 5.32 Å². The number of ether oxygens (including phenoxy) is 1. The SMILES string of the molecule is CCC1CCCC(OC(CNC)c2ccccc2Cl)C1. The van der Waals surface area contributed by atoms with Gasteiger partial charge in [0.25, 0.3) is 0 Å². The summed E-state index contributed by atoms with van der Waals surface area (Å²) in [7, 11) is 1.96. The van der Waals surface area contributed by atoms with E-state index in [2.05, 4.69) is 18.3 Å². The molecule has 1 aromatic rings. The number of nitrogens with one attached hydrogen (secondary N) is 1. The van der Waals surface area contributed by atoms with Crippen molar-refractivity contribution in [2.75, 3.05) is 13.6 Å². The predicted octanol–water partition coefficient (Wildman–Crippen LogP) is 4.59. The molecule has 2 rings (SSSR count). The van der Waals surface area contributed by atoms with Crippen LogP contribution in [-0.4, -0.2) is 19.7 Å². The summed E-state index contributed by atoms with van der Waals surface area (Å²) in [6.45, 7) is 3.09. The fourth-order valence-corrected chi connectivity index (χ4v) is 3.38. The molecule has 1 aromatic carbocycles. The molecule has 3 heteroatoms. The van der Waals surface area contributed by atoms with E-state index in [1.165, 1.54) is 32.1 Å². The Morgan fingerprint density at radius 3 is 2.85 bits per heavy atom. The van der Waals surface area contributed by atoms with Crippen molar-refractivity contribution in [1.29, 1.82) is 0 Å². The van der Waals surface area contributed by atoms with Gasteiger partial charge in [0.2, 0.25) is 0 Å². The summed E-state index contributed by atoms with van der Waals surface area (Å²) >= 11 is 6.32. The summed E-state index contributed by atoms with van der Waals surface area (Å²) in [6, 6.07) is 8.02. The Balaban J connectivity index is 2.04. The summed E-state index contributed by atoms with van der Waals surface area (Å²) in [6.07, 6.45) is 6.72. The first-order valence-electron chi connectivity index (χ1n) is 7.79. The average Bonchev–Trinajstić information content (AvgIpc) is 2.47. The van der Waals surface area contributed by atoms with E-state index in [1.54, 1.807) is 0 Å². The lowest BCUT2D eigenvalue weighted by Crippen LogP contribution is -2.28. The summed E-state index contributed by atoms with van der Waals surface area (Å²) in [5, 5.41) is 4.03. The van der Waals surface area contributed by atoms with Gasteiger partial charge in [0.15, 0.2) is 0 Å². The van der Waals surface area contributed by atoms with Gasteiger partial charge in [-0.25, -0.2) is 0 Å². The Morgan fingerprint density at radius 2 is 2.15 bits per heavy atom. The number of benzene rings is 1. The van der Waals surface area contributed by atoms with E-state index >= 15 is 0 Å². The van der Waals surface area contributed by atoms with Crippen LogP contribution in [0.3, 0.4) is 0 Å². The third-order valence-corrected chi connectivity index (χ3v) is 4.65. The molecule has 0 amide bonds. The van der Waals surface area contributed by atoms with Gasteiger partial charge in [-0.05, 0) is 31.9 Å². The quantitative estimate of drug-likeness (QED) is 0.829. The molecule has 0 aromatic heterocycles. The van der Waals surface area contributed by atoms with Gasteiger partial charge in [-0.3, -0.25) is 0 Å². The fraction of sp³-hybridized carbons (Fsp3) is 0.647. The van der Waals surface area contributed by atoms with Crippen LogP contribution in [0.5, 0.6) is 0 Å². The van der Waals surface area contributed by atoms with Crippen LogP contribution in [0.15, 0.2) is 24.3 Å². The first kappa shape index (κ1) is 15.8. The molecular weight excluding hydrogens is 270 g/mol. The second-order valence-corrected chi connectivity index (χ2v) is 6.17. The third-order valence-electron chi connectivity index (χ3n) is 4.31. The van der Waals surface area contributed by atoms with Gasteiger partial charge in [-0.15, -0.1) is 0 Å². The van der Waals surface area contributed by atoms with Crippen molar-refractivity contribution < 1.29 is 4.74 Å². The molecule has 1 saturated carbocycles. The standard InChI is InChI=1S/C17H26ClNO/c1-3-13-7-6-8-14(11-13)20-17(12-19-2)15-9-4-5-10-16(15)18/h4-5,9-10,13-14,17,19H,3,6-8,11-12H2,1-2H3. The summed E-state index contributed by atoms with van der Waals surface area (Å²) < 4.78 is 6.38. The molecule has 1 N–H and O–H groups in total. The van der Waals surface area contributed by atoms with Crippen molar-refractivity contribution in [3.8, 4) is 0 Å². The van der Waals surface area contributed by atoms with Crippen molar-refractivity contribution in [3.05, 3.63) is 34.9 Å². The molecule has 1 aliphatic carbocycles. The molecule has 1 fully saturated rings. The van der Waals surface area contributed by atoms with E-state index in [0.717, 1.165) is 23.0 Å². The number of likely N-dealkylation sites (N-methyl/N-ethyl adjacent to an activating group) is 1. The summed E-state index contributed by atoms with van der Waals surface area (Å²) in [5.74, 6) is 0.829. The maximum absolute atomic E-state index is 6.38. The molecule has 0 saturated heterocycles. The van der Waals surface area contributed by atoms with Gasteiger partial charge in [0, 0.05) is 17.1 Å². The normalized spacial score (nSPS) is 24.6. The molecule has 0 heterocycles. The van der Waals surface area contributed by atoms with Gasteiger partial charge < -0.3 is 10.1 Å². The smallest absolute Gasteiger partial charge is 0.0967 e. The predicted molar refractivity (Wildman–Crippen MR) is 85.2 cm³/mol. The Bertz CT molecular complexity index is 410. The molecule has 112 valence electrons. The van der Waals surface area contributed by atoms with E-state index < -0.39 is 0 Å². The van der Waals surface area contributed by atoms with E-state index in [-0.39, 0.29) is 6.10 Å². The molecule has 3 unspecified atom stereocenters. The van der Waals surface area contributed by atoms with E-state index in [0.29, 0.717) is 6.10 Å². The maximum Gasteiger partial charge on any atom is 0.0967 e. The highest BCUT2D eigenvalue weighted by atomic mass is 35.5. The molecule has 20 heavy (non-hydrogen) atoms. The van der Waals surface area contributed by atoms with Crippen LogP contribution in [0.1, 0.15) is 50.7 Å². The van der Waals surface area contributed by atoms with Crippen LogP contribution in [0.2, 0.25) is 5.02 Å². The monoisotopic (exact) mass is 295 g/mol. The Labute approximate surface area is 127 Å². The van der Waals surface area contributed by atoms with E-state index in [9.17, 15) is 0 Å². The summed E-state index contributed by atoms with van der Waals surface area (Å²) in [5.41, 5.74) is 1.10. The average molecular weight is 296 g/mol. The molecule has 3 atom stereocenters. The number of hydrogen-bond donors (Lipinski definition) is 1. The van der Waals surface area contributed by atoms with Gasteiger partial charge in [-0.2, -0.15) is 0 Å². The number of rotatable bonds is 6. The zero-order chi connectivity index (χ0) is 14.4. The minimum absolute atomic E-state index is 0.0503. The van der Waals surface area contributed by atoms with Gasteiger partial charge in [0.05, 0.1) is 12.2 Å². The lowest BCUT2D eigenvalue weighted by molar-refractivity contribution is -0.0408. The van der Waals surface area contributed by atoms with E-state index in [4.69, 9.17) is 16.3 Å². The molecule has 1 aliphatic rings. The van der Waals surface area contributed by atoms with Crippen LogP contribution >= 0.6 is 11.6 Å². The van der Waals surface area contributed by atoms with Crippen LogP contribution in [-0.2, 0) is 4.74 Å². The fourth-order valence-electron chi connectivity index (χ4n) is 3.12. The number of hydrogen-bond acceptors (Lipinski definition) is 2. The van der Waals surface area contributed by atoms with Crippen LogP contribution < -0.4 is 5.32 Å². The van der Waals surface area contributed by atoms with Gasteiger partial charge >= 0.3 is 0 Å². The molecular formula is C17H26ClNO. The summed E-state index contributed by atoms with van der Waals surface area (Å²) in [4.78, 5) is 0. The van der Waals surface area contributed by atoms with Crippen molar-refractivity contribution >= 4 is 11.6 Å². The highest BCUT2D eigenvalue weighted by Gasteiger charge is 2.25. The van der Waals surface area contributed by atoms with E-state index in [1.807, 2.05) is 25.2 Å². The molecule has 0 spiro atoms. The van der Waals surface area contributed by atoms with Crippen molar-refractivity contribution in [2.24, 2.45) is 5.92 Å².